The molecule has 1 amide bonds. The van der Waals surface area contributed by atoms with E-state index in [-0.39, 0.29) is 17.9 Å². The van der Waals surface area contributed by atoms with Gasteiger partial charge in [0.25, 0.3) is 0 Å². The van der Waals surface area contributed by atoms with Gasteiger partial charge in [-0.05, 0) is 12.8 Å². The molecule has 1 aliphatic rings. The largest absolute Gasteiger partial charge is 0.382 e. The molecule has 0 aromatic heterocycles. The van der Waals surface area contributed by atoms with Gasteiger partial charge in [-0.1, -0.05) is 13.8 Å². The maximum Gasteiger partial charge on any atom is 0.225 e. The van der Waals surface area contributed by atoms with Crippen molar-refractivity contribution in [3.63, 3.8) is 0 Å². The highest BCUT2D eigenvalue weighted by Gasteiger charge is 2.27. The first-order chi connectivity index (χ1) is 11.1. The first-order valence-electron chi connectivity index (χ1n) is 8.41. The van der Waals surface area contributed by atoms with Gasteiger partial charge in [0.2, 0.25) is 5.91 Å². The number of hydrogen-bond acceptors (Lipinski definition) is 4. The van der Waals surface area contributed by atoms with E-state index in [0.29, 0.717) is 19.8 Å². The molecule has 1 saturated heterocycles. The second-order valence-electron chi connectivity index (χ2n) is 6.03. The molecule has 1 unspecified atom stereocenters. The summed E-state index contributed by atoms with van der Waals surface area (Å²) in [6.45, 7) is 8.21. The fourth-order valence-corrected chi connectivity index (χ4v) is 2.46. The molecule has 0 bridgehead atoms. The van der Waals surface area contributed by atoms with Crippen molar-refractivity contribution < 1.29 is 14.3 Å². The summed E-state index contributed by atoms with van der Waals surface area (Å²) in [6, 6.07) is 0.266. The van der Waals surface area contributed by atoms with Gasteiger partial charge < -0.3 is 25.0 Å². The van der Waals surface area contributed by atoms with Gasteiger partial charge in [-0.25, -0.2) is 0 Å². The molecule has 1 atom stereocenters. The molecule has 23 heavy (non-hydrogen) atoms. The number of hydrogen-bond donors (Lipinski definition) is 2. The number of nitrogens with zero attached hydrogens (tertiary/aromatic N) is 2. The summed E-state index contributed by atoms with van der Waals surface area (Å²) < 4.78 is 10.3. The number of methoxy groups -OCH3 is 1. The lowest BCUT2D eigenvalue weighted by Gasteiger charge is -2.20. The van der Waals surface area contributed by atoms with Crippen molar-refractivity contribution in [2.75, 3.05) is 53.6 Å². The molecule has 0 saturated carbocycles. The Balaban J connectivity index is 2.18. The van der Waals surface area contributed by atoms with Crippen LogP contribution in [-0.4, -0.2) is 76.4 Å². The summed E-state index contributed by atoms with van der Waals surface area (Å²) in [5.74, 6) is 1.07. The molecule has 7 heteroatoms. The highest BCUT2D eigenvalue weighted by molar-refractivity contribution is 5.81. The Labute approximate surface area is 139 Å². The average molecular weight is 328 g/mol. The molecule has 7 nitrogen and oxygen atoms in total. The third-order valence-corrected chi connectivity index (χ3v) is 3.75. The minimum atomic E-state index is 0.0595. The van der Waals surface area contributed by atoms with Gasteiger partial charge in [0.1, 0.15) is 0 Å². The van der Waals surface area contributed by atoms with Crippen molar-refractivity contribution in [1.82, 2.24) is 15.5 Å². The molecular weight excluding hydrogens is 296 g/mol. The summed E-state index contributed by atoms with van der Waals surface area (Å²) in [5, 5.41) is 6.66. The van der Waals surface area contributed by atoms with Gasteiger partial charge in [-0.2, -0.15) is 0 Å². The van der Waals surface area contributed by atoms with Crippen LogP contribution in [0.4, 0.5) is 0 Å². The maximum atomic E-state index is 12.0. The molecule has 1 heterocycles. The second-order valence-corrected chi connectivity index (χ2v) is 6.03. The number of carbonyl (C=O) groups excluding carboxylic acids is 1. The normalized spacial score (nSPS) is 18.6. The van der Waals surface area contributed by atoms with Crippen LogP contribution in [0.1, 0.15) is 26.7 Å². The Morgan fingerprint density at radius 3 is 2.78 bits per heavy atom. The number of carbonyl (C=O) groups is 1. The SMILES string of the molecule is CN=C(NCCCOCCOC)NC1CCN(C(=O)C(C)C)C1. The van der Waals surface area contributed by atoms with Crippen LogP contribution in [0.25, 0.3) is 0 Å². The smallest absolute Gasteiger partial charge is 0.225 e. The third kappa shape index (κ3) is 7.65. The van der Waals surface area contributed by atoms with Gasteiger partial charge >= 0.3 is 0 Å². The van der Waals surface area contributed by atoms with Crippen LogP contribution >= 0.6 is 0 Å². The van der Waals surface area contributed by atoms with E-state index in [4.69, 9.17) is 9.47 Å². The van der Waals surface area contributed by atoms with Crippen LogP contribution in [0.3, 0.4) is 0 Å². The van der Waals surface area contributed by atoms with Crippen molar-refractivity contribution in [3.05, 3.63) is 0 Å². The van der Waals surface area contributed by atoms with Gasteiger partial charge in [-0.15, -0.1) is 0 Å². The van der Waals surface area contributed by atoms with E-state index in [2.05, 4.69) is 15.6 Å². The molecule has 1 aliphatic heterocycles. The molecule has 0 aliphatic carbocycles. The third-order valence-electron chi connectivity index (χ3n) is 3.75. The molecule has 2 N–H and O–H groups in total. The molecule has 134 valence electrons. The monoisotopic (exact) mass is 328 g/mol. The van der Waals surface area contributed by atoms with Crippen molar-refractivity contribution in [2.24, 2.45) is 10.9 Å². The number of guanidine groups is 1. The molecular formula is C16H32N4O3. The first kappa shape index (κ1) is 19.7. The van der Waals surface area contributed by atoms with Crippen LogP contribution in [0.15, 0.2) is 4.99 Å². The van der Waals surface area contributed by atoms with E-state index in [0.717, 1.165) is 38.4 Å². The Morgan fingerprint density at radius 1 is 1.35 bits per heavy atom. The predicted molar refractivity (Wildman–Crippen MR) is 91.6 cm³/mol. The van der Waals surface area contributed by atoms with Crippen LogP contribution in [0.5, 0.6) is 0 Å². The summed E-state index contributed by atoms with van der Waals surface area (Å²) in [7, 11) is 3.43. The van der Waals surface area contributed by atoms with E-state index in [1.165, 1.54) is 0 Å². The molecule has 0 aromatic rings. The van der Waals surface area contributed by atoms with Crippen molar-refractivity contribution >= 4 is 11.9 Å². The lowest BCUT2D eigenvalue weighted by Crippen LogP contribution is -2.45. The fourth-order valence-electron chi connectivity index (χ4n) is 2.46. The highest BCUT2D eigenvalue weighted by Crippen LogP contribution is 2.12. The predicted octanol–water partition coefficient (Wildman–Crippen LogP) is 0.461. The Hall–Kier alpha value is -1.34. The number of nitrogens with one attached hydrogen (secondary N) is 2. The van der Waals surface area contributed by atoms with E-state index < -0.39 is 0 Å². The first-order valence-corrected chi connectivity index (χ1v) is 8.41. The van der Waals surface area contributed by atoms with Gasteiger partial charge in [0.15, 0.2) is 5.96 Å². The van der Waals surface area contributed by atoms with Gasteiger partial charge in [0.05, 0.1) is 13.2 Å². The maximum absolute atomic E-state index is 12.0. The Morgan fingerprint density at radius 2 is 2.13 bits per heavy atom. The van der Waals surface area contributed by atoms with Crippen LogP contribution in [-0.2, 0) is 14.3 Å². The lowest BCUT2D eigenvalue weighted by molar-refractivity contribution is -0.133. The molecule has 0 spiro atoms. The molecule has 1 fully saturated rings. The quantitative estimate of drug-likeness (QED) is 0.365. The van der Waals surface area contributed by atoms with E-state index in [1.807, 2.05) is 18.7 Å². The van der Waals surface area contributed by atoms with Gasteiger partial charge in [-0.3, -0.25) is 9.79 Å². The number of aliphatic imine (C=N–C) groups is 1. The minimum Gasteiger partial charge on any atom is -0.382 e. The lowest BCUT2D eigenvalue weighted by atomic mass is 10.2. The topological polar surface area (TPSA) is 75.2 Å². The zero-order chi connectivity index (χ0) is 17.1. The van der Waals surface area contributed by atoms with Crippen LogP contribution in [0, 0.1) is 5.92 Å². The molecule has 0 aromatic carbocycles. The Bertz CT molecular complexity index is 374. The van der Waals surface area contributed by atoms with Gasteiger partial charge in [0, 0.05) is 52.4 Å². The van der Waals surface area contributed by atoms with E-state index >= 15 is 0 Å². The minimum absolute atomic E-state index is 0.0595. The average Bonchev–Trinajstić information content (AvgIpc) is 3.00. The summed E-state index contributed by atoms with van der Waals surface area (Å²) in [5.41, 5.74) is 0. The molecule has 0 radical (unpaired) electrons. The summed E-state index contributed by atoms with van der Waals surface area (Å²) in [4.78, 5) is 18.2. The van der Waals surface area contributed by atoms with Crippen molar-refractivity contribution in [3.8, 4) is 0 Å². The Kier molecular flexibility index (Phi) is 9.63. The number of ether oxygens (including phenoxy) is 2. The zero-order valence-corrected chi connectivity index (χ0v) is 14.9. The number of rotatable bonds is 9. The second kappa shape index (κ2) is 11.2. The number of amides is 1. The number of likely N-dealkylation sites (tertiary alicyclic amines) is 1. The van der Waals surface area contributed by atoms with Crippen molar-refractivity contribution in [2.45, 2.75) is 32.7 Å². The van der Waals surface area contributed by atoms with Crippen LogP contribution < -0.4 is 10.6 Å². The standard InChI is InChI=1S/C16H32N4O3/c1-13(2)15(21)20-8-6-14(12-20)19-16(17-3)18-7-5-9-23-11-10-22-4/h13-14H,5-12H2,1-4H3,(H2,17,18,19). The fraction of sp³-hybridized carbons (Fsp3) is 0.875. The van der Waals surface area contributed by atoms with E-state index in [1.54, 1.807) is 14.2 Å². The summed E-state index contributed by atoms with van der Waals surface area (Å²) in [6.07, 6.45) is 1.87. The van der Waals surface area contributed by atoms with Crippen molar-refractivity contribution in [1.29, 1.82) is 0 Å². The zero-order valence-electron chi connectivity index (χ0n) is 14.9. The van der Waals surface area contributed by atoms with E-state index in [9.17, 15) is 4.79 Å². The molecule has 1 rings (SSSR count). The van der Waals surface area contributed by atoms with Crippen LogP contribution in [0.2, 0.25) is 0 Å². The highest BCUT2D eigenvalue weighted by atomic mass is 16.5. The summed E-state index contributed by atoms with van der Waals surface area (Å²) >= 11 is 0.